The van der Waals surface area contributed by atoms with E-state index in [9.17, 15) is 9.59 Å². The third kappa shape index (κ3) is 2.37. The summed E-state index contributed by atoms with van der Waals surface area (Å²) in [6.45, 7) is 5.45. The molecule has 1 saturated heterocycles. The maximum absolute atomic E-state index is 12.0. The van der Waals surface area contributed by atoms with Crippen LogP contribution in [0.25, 0.3) is 0 Å². The number of likely N-dealkylation sites (tertiary alicyclic amines) is 1. The zero-order chi connectivity index (χ0) is 12.8. The largest absolute Gasteiger partial charge is 0.467 e. The maximum Gasteiger partial charge on any atom is 0.411 e. The first kappa shape index (κ1) is 12.2. The van der Waals surface area contributed by atoms with Gasteiger partial charge in [-0.25, -0.2) is 9.59 Å². The summed E-state index contributed by atoms with van der Waals surface area (Å²) in [6, 6.07) is -0.285. The van der Waals surface area contributed by atoms with Gasteiger partial charge in [-0.1, -0.05) is 0 Å². The van der Waals surface area contributed by atoms with Gasteiger partial charge in [0.25, 0.3) is 0 Å². The normalized spacial score (nSPS) is 30.8. The standard InChI is InChI=1S/C12H19NO4/c1-12(2,3)17-11(15)13-8-5-7(8)6-9(13)10(14)16-4/h7-9H,5-6H2,1-4H3/t7-,8-,9-/m0/s1. The highest BCUT2D eigenvalue weighted by Crippen LogP contribution is 2.48. The van der Waals surface area contributed by atoms with Crippen molar-refractivity contribution in [3.05, 3.63) is 0 Å². The molecule has 3 atom stereocenters. The van der Waals surface area contributed by atoms with Crippen LogP contribution in [0.4, 0.5) is 4.79 Å². The zero-order valence-electron chi connectivity index (χ0n) is 10.7. The molecule has 0 aromatic rings. The van der Waals surface area contributed by atoms with E-state index in [0.717, 1.165) is 6.42 Å². The maximum atomic E-state index is 12.0. The Labute approximate surface area is 101 Å². The van der Waals surface area contributed by atoms with Gasteiger partial charge >= 0.3 is 12.1 Å². The summed E-state index contributed by atoms with van der Waals surface area (Å²) in [5.41, 5.74) is -0.537. The molecule has 0 N–H and O–H groups in total. The number of nitrogens with zero attached hydrogens (tertiary/aromatic N) is 1. The van der Waals surface area contributed by atoms with Gasteiger partial charge in [-0.2, -0.15) is 0 Å². The smallest absolute Gasteiger partial charge is 0.411 e. The third-order valence-corrected chi connectivity index (χ3v) is 3.18. The predicted octanol–water partition coefficient (Wildman–Crippen LogP) is 1.56. The molecule has 17 heavy (non-hydrogen) atoms. The fourth-order valence-corrected chi connectivity index (χ4v) is 2.38. The SMILES string of the molecule is COC(=O)[C@@H]1C[C@@H]2C[C@@H]2N1C(=O)OC(C)(C)C. The number of hydrogen-bond acceptors (Lipinski definition) is 4. The Bertz CT molecular complexity index is 347. The molecule has 0 spiro atoms. The average molecular weight is 241 g/mol. The molecule has 0 aromatic heterocycles. The fourth-order valence-electron chi connectivity index (χ4n) is 2.38. The average Bonchev–Trinajstić information content (AvgIpc) is 2.85. The summed E-state index contributed by atoms with van der Waals surface area (Å²) >= 11 is 0. The molecule has 0 bridgehead atoms. The molecule has 1 aliphatic heterocycles. The van der Waals surface area contributed by atoms with Gasteiger partial charge in [0.05, 0.1) is 7.11 Å². The summed E-state index contributed by atoms with van der Waals surface area (Å²) in [4.78, 5) is 25.2. The van der Waals surface area contributed by atoms with Gasteiger partial charge in [0.15, 0.2) is 0 Å². The van der Waals surface area contributed by atoms with Crippen LogP contribution in [0.3, 0.4) is 0 Å². The van der Waals surface area contributed by atoms with Gasteiger partial charge in [-0.15, -0.1) is 0 Å². The molecule has 5 heteroatoms. The second-order valence-corrected chi connectivity index (χ2v) is 5.73. The van der Waals surface area contributed by atoms with Gasteiger partial charge in [0, 0.05) is 6.04 Å². The number of carbonyl (C=O) groups is 2. The van der Waals surface area contributed by atoms with Crippen LogP contribution in [-0.2, 0) is 14.3 Å². The van der Waals surface area contributed by atoms with E-state index >= 15 is 0 Å². The highest BCUT2D eigenvalue weighted by atomic mass is 16.6. The predicted molar refractivity (Wildman–Crippen MR) is 60.4 cm³/mol. The van der Waals surface area contributed by atoms with Crippen molar-refractivity contribution in [2.75, 3.05) is 7.11 Å². The minimum Gasteiger partial charge on any atom is -0.467 e. The van der Waals surface area contributed by atoms with Gasteiger partial charge in [0.1, 0.15) is 11.6 Å². The topological polar surface area (TPSA) is 55.8 Å². The fraction of sp³-hybridized carbons (Fsp3) is 0.833. The molecule has 1 aliphatic carbocycles. The highest BCUT2D eigenvalue weighted by Gasteiger charge is 2.57. The second kappa shape index (κ2) is 3.89. The Hall–Kier alpha value is -1.26. The Morgan fingerprint density at radius 3 is 2.41 bits per heavy atom. The minimum absolute atomic E-state index is 0.175. The van der Waals surface area contributed by atoms with E-state index < -0.39 is 17.7 Å². The van der Waals surface area contributed by atoms with Crippen LogP contribution in [0.1, 0.15) is 33.6 Å². The van der Waals surface area contributed by atoms with Crippen molar-refractivity contribution in [3.63, 3.8) is 0 Å². The third-order valence-electron chi connectivity index (χ3n) is 3.18. The summed E-state index contributed by atoms with van der Waals surface area (Å²) < 4.78 is 10.0. The number of carbonyl (C=O) groups excluding carboxylic acids is 2. The lowest BCUT2D eigenvalue weighted by molar-refractivity contribution is -0.146. The number of hydrogen-bond donors (Lipinski definition) is 0. The van der Waals surface area contributed by atoms with Crippen molar-refractivity contribution in [2.24, 2.45) is 5.92 Å². The van der Waals surface area contributed by atoms with Crippen LogP contribution in [0.15, 0.2) is 0 Å². The molecule has 5 nitrogen and oxygen atoms in total. The molecular formula is C12H19NO4. The number of ether oxygens (including phenoxy) is 2. The van der Waals surface area contributed by atoms with Crippen LogP contribution in [-0.4, -0.2) is 41.8 Å². The molecule has 1 amide bonds. The molecule has 2 rings (SSSR count). The van der Waals surface area contributed by atoms with E-state index in [1.165, 1.54) is 7.11 Å². The molecule has 2 aliphatic rings. The van der Waals surface area contributed by atoms with Gasteiger partial charge in [-0.3, -0.25) is 4.90 Å². The van der Waals surface area contributed by atoms with Crippen LogP contribution in [0.5, 0.6) is 0 Å². The number of esters is 1. The lowest BCUT2D eigenvalue weighted by Gasteiger charge is -2.29. The Balaban J connectivity index is 2.07. The number of fused-ring (bicyclic) bond motifs is 1. The molecule has 0 aromatic carbocycles. The summed E-state index contributed by atoms with van der Waals surface area (Å²) in [5.74, 6) is 0.106. The van der Waals surface area contributed by atoms with E-state index in [1.807, 2.05) is 20.8 Å². The molecule has 0 radical (unpaired) electrons. The molecule has 2 fully saturated rings. The Morgan fingerprint density at radius 1 is 1.24 bits per heavy atom. The molecule has 1 heterocycles. The van der Waals surface area contributed by atoms with Crippen molar-refractivity contribution in [1.29, 1.82) is 0 Å². The first-order valence-electron chi connectivity index (χ1n) is 5.92. The van der Waals surface area contributed by atoms with Crippen LogP contribution < -0.4 is 0 Å². The van der Waals surface area contributed by atoms with Gasteiger partial charge in [-0.05, 0) is 39.5 Å². The number of methoxy groups -OCH3 is 1. The van der Waals surface area contributed by atoms with Crippen LogP contribution >= 0.6 is 0 Å². The van der Waals surface area contributed by atoms with Gasteiger partial charge in [0.2, 0.25) is 0 Å². The number of amides is 1. The van der Waals surface area contributed by atoms with E-state index in [0.29, 0.717) is 12.3 Å². The minimum atomic E-state index is -0.537. The lowest BCUT2D eigenvalue weighted by Crippen LogP contribution is -2.46. The van der Waals surface area contributed by atoms with Crippen LogP contribution in [0.2, 0.25) is 0 Å². The van der Waals surface area contributed by atoms with Crippen molar-refractivity contribution in [1.82, 2.24) is 4.90 Å². The van der Waals surface area contributed by atoms with E-state index in [4.69, 9.17) is 9.47 Å². The second-order valence-electron chi connectivity index (χ2n) is 5.73. The highest BCUT2D eigenvalue weighted by molar-refractivity contribution is 5.83. The zero-order valence-corrected chi connectivity index (χ0v) is 10.7. The van der Waals surface area contributed by atoms with Crippen LogP contribution in [0, 0.1) is 5.92 Å². The Morgan fingerprint density at radius 2 is 1.88 bits per heavy atom. The van der Waals surface area contributed by atoms with E-state index in [-0.39, 0.29) is 12.0 Å². The lowest BCUT2D eigenvalue weighted by atomic mass is 10.2. The summed E-state index contributed by atoms with van der Waals surface area (Å²) in [6.07, 6.45) is 1.28. The van der Waals surface area contributed by atoms with E-state index in [2.05, 4.69) is 0 Å². The molecule has 1 saturated carbocycles. The van der Waals surface area contributed by atoms with Crippen molar-refractivity contribution in [2.45, 2.75) is 51.3 Å². The quantitative estimate of drug-likeness (QED) is 0.654. The van der Waals surface area contributed by atoms with Crippen molar-refractivity contribution >= 4 is 12.1 Å². The van der Waals surface area contributed by atoms with Gasteiger partial charge < -0.3 is 9.47 Å². The summed E-state index contributed by atoms with van der Waals surface area (Å²) in [7, 11) is 1.35. The number of rotatable bonds is 1. The van der Waals surface area contributed by atoms with E-state index in [1.54, 1.807) is 4.90 Å². The van der Waals surface area contributed by atoms with Crippen molar-refractivity contribution < 1.29 is 19.1 Å². The first-order valence-corrected chi connectivity index (χ1v) is 5.92. The monoisotopic (exact) mass is 241 g/mol. The Kier molecular flexibility index (Phi) is 2.79. The number of piperidine rings is 1. The van der Waals surface area contributed by atoms with Crippen molar-refractivity contribution in [3.8, 4) is 0 Å². The summed E-state index contributed by atoms with van der Waals surface area (Å²) in [5, 5.41) is 0. The first-order chi connectivity index (χ1) is 7.83. The molecular weight excluding hydrogens is 222 g/mol. The molecule has 96 valence electrons. The molecule has 0 unspecified atom stereocenters.